The molecule has 0 spiro atoms. The lowest BCUT2D eigenvalue weighted by Crippen LogP contribution is -2.43. The highest BCUT2D eigenvalue weighted by Gasteiger charge is 2.49. The van der Waals surface area contributed by atoms with Gasteiger partial charge in [-0.25, -0.2) is 4.79 Å². The summed E-state index contributed by atoms with van der Waals surface area (Å²) >= 11 is 0. The molecule has 2 rings (SSSR count). The quantitative estimate of drug-likeness (QED) is 0.568. The number of aliphatic hydroxyl groups is 1. The minimum Gasteiger partial charge on any atom is -0.456 e. The van der Waals surface area contributed by atoms with Gasteiger partial charge in [-0.05, 0) is 19.3 Å². The number of carbonyl (C=O) groups is 1. The van der Waals surface area contributed by atoms with Crippen LogP contribution < -0.4 is 0 Å². The first-order chi connectivity index (χ1) is 7.49. The van der Waals surface area contributed by atoms with Crippen LogP contribution in [0.2, 0.25) is 0 Å². The van der Waals surface area contributed by atoms with Crippen LogP contribution >= 0.6 is 0 Å². The molecular formula is C12H18O4. The van der Waals surface area contributed by atoms with Crippen molar-refractivity contribution in [3.8, 4) is 0 Å². The first-order valence-electron chi connectivity index (χ1n) is 5.69. The molecule has 0 amide bonds. The molecule has 2 aliphatic rings. The number of aliphatic hydroxyl groups excluding tert-OH is 1. The molecule has 1 aliphatic carbocycles. The van der Waals surface area contributed by atoms with Gasteiger partial charge in [0.05, 0.1) is 0 Å². The molecule has 90 valence electrons. The van der Waals surface area contributed by atoms with Gasteiger partial charge in [-0.3, -0.25) is 0 Å². The second-order valence-corrected chi connectivity index (χ2v) is 4.91. The maximum Gasteiger partial charge on any atom is 0.333 e. The van der Waals surface area contributed by atoms with Crippen LogP contribution in [0.4, 0.5) is 0 Å². The summed E-state index contributed by atoms with van der Waals surface area (Å²) in [6, 6.07) is 0. The van der Waals surface area contributed by atoms with Crippen molar-refractivity contribution in [1.82, 2.24) is 0 Å². The topological polar surface area (TPSA) is 55.8 Å². The van der Waals surface area contributed by atoms with Crippen molar-refractivity contribution in [3.05, 3.63) is 12.2 Å². The summed E-state index contributed by atoms with van der Waals surface area (Å²) < 4.78 is 10.8. The van der Waals surface area contributed by atoms with E-state index in [4.69, 9.17) is 9.47 Å². The number of carbonyl (C=O) groups excluding carboxylic acids is 1. The Bertz CT molecular complexity index is 310. The Morgan fingerprint density at radius 1 is 1.50 bits per heavy atom. The average Bonchev–Trinajstić information content (AvgIpc) is 2.38. The largest absolute Gasteiger partial charge is 0.456 e. The minimum atomic E-state index is -0.709. The smallest absolute Gasteiger partial charge is 0.333 e. The van der Waals surface area contributed by atoms with Crippen LogP contribution in [0, 0.1) is 11.8 Å². The van der Waals surface area contributed by atoms with E-state index in [-0.39, 0.29) is 24.1 Å². The predicted octanol–water partition coefficient (Wildman–Crippen LogP) is 1.24. The molecule has 1 heterocycles. The lowest BCUT2D eigenvalue weighted by atomic mass is 9.98. The van der Waals surface area contributed by atoms with E-state index in [9.17, 15) is 9.90 Å². The fraction of sp³-hybridized carbons (Fsp3) is 0.750. The number of esters is 1. The molecule has 1 N–H and O–H groups in total. The highest BCUT2D eigenvalue weighted by molar-refractivity contribution is 5.87. The molecule has 1 saturated heterocycles. The van der Waals surface area contributed by atoms with E-state index in [0.717, 1.165) is 6.42 Å². The third kappa shape index (κ3) is 1.99. The van der Waals surface area contributed by atoms with Gasteiger partial charge in [-0.15, -0.1) is 0 Å². The van der Waals surface area contributed by atoms with Crippen molar-refractivity contribution in [3.63, 3.8) is 0 Å². The maximum atomic E-state index is 11.5. The molecule has 2 fully saturated rings. The van der Waals surface area contributed by atoms with Gasteiger partial charge in [0.15, 0.2) is 6.29 Å². The summed E-state index contributed by atoms with van der Waals surface area (Å²) in [5, 5.41) is 9.49. The Kier molecular flexibility index (Phi) is 3.04. The third-order valence-electron chi connectivity index (χ3n) is 3.43. The summed E-state index contributed by atoms with van der Waals surface area (Å²) in [6.45, 7) is 7.25. The Labute approximate surface area is 95.2 Å². The standard InChI is InChI=1S/C12H18O4/c1-6(2)12(14)16-11-8-4-7(3)10(11)15-9(13)5-8/h7-11,13H,1,4-5H2,2-3H3. The summed E-state index contributed by atoms with van der Waals surface area (Å²) in [5.74, 6) is 0.172. The van der Waals surface area contributed by atoms with Gasteiger partial charge in [-0.2, -0.15) is 0 Å². The zero-order chi connectivity index (χ0) is 11.9. The number of ether oxygens (including phenoxy) is 2. The molecule has 0 aromatic heterocycles. The van der Waals surface area contributed by atoms with Crippen LogP contribution in [0.5, 0.6) is 0 Å². The molecule has 4 nitrogen and oxygen atoms in total. The molecule has 16 heavy (non-hydrogen) atoms. The van der Waals surface area contributed by atoms with Crippen molar-refractivity contribution in [2.45, 2.75) is 45.2 Å². The third-order valence-corrected chi connectivity index (χ3v) is 3.43. The van der Waals surface area contributed by atoms with Crippen LogP contribution in [0.25, 0.3) is 0 Å². The van der Waals surface area contributed by atoms with Crippen molar-refractivity contribution >= 4 is 5.97 Å². The average molecular weight is 226 g/mol. The van der Waals surface area contributed by atoms with E-state index in [1.807, 2.05) is 0 Å². The Balaban J connectivity index is 2.06. The molecule has 2 bridgehead atoms. The summed E-state index contributed by atoms with van der Waals surface area (Å²) in [7, 11) is 0. The molecule has 5 atom stereocenters. The Hall–Kier alpha value is -0.870. The van der Waals surface area contributed by atoms with Crippen molar-refractivity contribution < 1.29 is 19.4 Å². The highest BCUT2D eigenvalue weighted by Crippen LogP contribution is 2.42. The molecule has 0 radical (unpaired) electrons. The van der Waals surface area contributed by atoms with Crippen LogP contribution in [-0.2, 0) is 14.3 Å². The highest BCUT2D eigenvalue weighted by atomic mass is 16.6. The van der Waals surface area contributed by atoms with Gasteiger partial charge < -0.3 is 14.6 Å². The monoisotopic (exact) mass is 226 g/mol. The Morgan fingerprint density at radius 2 is 2.19 bits per heavy atom. The lowest BCUT2D eigenvalue weighted by molar-refractivity contribution is -0.214. The van der Waals surface area contributed by atoms with E-state index in [2.05, 4.69) is 13.5 Å². The first kappa shape index (κ1) is 11.6. The van der Waals surface area contributed by atoms with Gasteiger partial charge in [0.25, 0.3) is 0 Å². The SMILES string of the molecule is C=C(C)C(=O)OC1C2CC(O)OC1C(C)C2. The second kappa shape index (κ2) is 4.18. The number of rotatable bonds is 2. The van der Waals surface area contributed by atoms with Gasteiger partial charge in [0.2, 0.25) is 0 Å². The van der Waals surface area contributed by atoms with Crippen molar-refractivity contribution in [1.29, 1.82) is 0 Å². The molecule has 1 saturated carbocycles. The molecule has 0 aromatic carbocycles. The van der Waals surface area contributed by atoms with E-state index < -0.39 is 6.29 Å². The molecule has 0 aromatic rings. The van der Waals surface area contributed by atoms with Gasteiger partial charge >= 0.3 is 5.97 Å². The van der Waals surface area contributed by atoms with Crippen molar-refractivity contribution in [2.24, 2.45) is 11.8 Å². The number of hydrogen-bond donors (Lipinski definition) is 1. The lowest BCUT2D eigenvalue weighted by Gasteiger charge is -2.33. The fourth-order valence-electron chi connectivity index (χ4n) is 2.66. The number of fused-ring (bicyclic) bond motifs is 2. The second-order valence-electron chi connectivity index (χ2n) is 4.91. The summed E-state index contributed by atoms with van der Waals surface area (Å²) in [5.41, 5.74) is 0.401. The van der Waals surface area contributed by atoms with Crippen LogP contribution in [0.3, 0.4) is 0 Å². The molecular weight excluding hydrogens is 208 g/mol. The maximum absolute atomic E-state index is 11.5. The van der Waals surface area contributed by atoms with E-state index >= 15 is 0 Å². The van der Waals surface area contributed by atoms with Crippen molar-refractivity contribution in [2.75, 3.05) is 0 Å². The molecule has 1 aliphatic heterocycles. The summed E-state index contributed by atoms with van der Waals surface area (Å²) in [4.78, 5) is 11.5. The van der Waals surface area contributed by atoms with E-state index in [1.54, 1.807) is 6.92 Å². The zero-order valence-corrected chi connectivity index (χ0v) is 9.68. The van der Waals surface area contributed by atoms with Crippen LogP contribution in [0.15, 0.2) is 12.2 Å². The van der Waals surface area contributed by atoms with Gasteiger partial charge in [-0.1, -0.05) is 13.5 Å². The van der Waals surface area contributed by atoms with Gasteiger partial charge in [0, 0.05) is 17.9 Å². The Morgan fingerprint density at radius 3 is 2.75 bits per heavy atom. The number of hydrogen-bond acceptors (Lipinski definition) is 4. The molecule has 4 heteroatoms. The van der Waals surface area contributed by atoms with Crippen LogP contribution in [-0.4, -0.2) is 29.6 Å². The fourth-order valence-corrected chi connectivity index (χ4v) is 2.66. The van der Waals surface area contributed by atoms with E-state index in [0.29, 0.717) is 17.9 Å². The van der Waals surface area contributed by atoms with Crippen LogP contribution in [0.1, 0.15) is 26.7 Å². The first-order valence-corrected chi connectivity index (χ1v) is 5.69. The minimum absolute atomic E-state index is 0.169. The van der Waals surface area contributed by atoms with Gasteiger partial charge in [0.1, 0.15) is 12.2 Å². The zero-order valence-electron chi connectivity index (χ0n) is 9.68. The summed E-state index contributed by atoms with van der Waals surface area (Å²) in [6.07, 6.45) is 0.393. The molecule has 5 unspecified atom stereocenters. The predicted molar refractivity (Wildman–Crippen MR) is 57.5 cm³/mol. The van der Waals surface area contributed by atoms with E-state index in [1.165, 1.54) is 0 Å². The normalized spacial score (nSPS) is 41.8.